The summed E-state index contributed by atoms with van der Waals surface area (Å²) in [5.74, 6) is -2.30. The summed E-state index contributed by atoms with van der Waals surface area (Å²) in [6.45, 7) is 6.12. The molecule has 0 aliphatic rings. The molecule has 3 N–H and O–H groups in total. The van der Waals surface area contributed by atoms with Gasteiger partial charge in [0.25, 0.3) is 0 Å². The van der Waals surface area contributed by atoms with Crippen LogP contribution in [0, 0.1) is 5.41 Å². The highest BCUT2D eigenvalue weighted by Gasteiger charge is 2.35. The Hall–Kier alpha value is -2.45. The molecular weight excluding hydrogens is 388 g/mol. The number of aliphatic hydroxyl groups excluding tert-OH is 1. The van der Waals surface area contributed by atoms with Crippen molar-refractivity contribution in [2.45, 2.75) is 52.1 Å². The molecule has 168 valence electrons. The SMILES string of the molecule is COC(=O)[C@H](Cc1ccccc1)N(CCO)C(=O)[C@H](CC(=O)O)NCCC(C)(C)C. The molecule has 0 aliphatic heterocycles. The highest BCUT2D eigenvalue weighted by atomic mass is 16.5. The second kappa shape index (κ2) is 12.3. The fourth-order valence-corrected chi connectivity index (χ4v) is 3.06. The Morgan fingerprint density at radius 3 is 2.30 bits per heavy atom. The molecule has 0 aromatic heterocycles. The van der Waals surface area contributed by atoms with Crippen LogP contribution in [0.3, 0.4) is 0 Å². The molecule has 0 saturated carbocycles. The Balaban J connectivity index is 3.11. The van der Waals surface area contributed by atoms with Crippen molar-refractivity contribution in [3.8, 4) is 0 Å². The van der Waals surface area contributed by atoms with Crippen molar-refractivity contribution in [1.29, 1.82) is 0 Å². The molecule has 0 unspecified atom stereocenters. The normalized spacial score (nSPS) is 13.4. The number of benzene rings is 1. The van der Waals surface area contributed by atoms with Crippen molar-refractivity contribution in [2.24, 2.45) is 5.41 Å². The highest BCUT2D eigenvalue weighted by molar-refractivity contribution is 5.90. The van der Waals surface area contributed by atoms with E-state index in [0.717, 1.165) is 12.0 Å². The lowest BCUT2D eigenvalue weighted by molar-refractivity contribution is -0.154. The number of aliphatic hydroxyl groups is 1. The van der Waals surface area contributed by atoms with E-state index in [2.05, 4.69) is 5.32 Å². The van der Waals surface area contributed by atoms with E-state index in [-0.39, 0.29) is 25.0 Å². The first-order chi connectivity index (χ1) is 14.1. The maximum absolute atomic E-state index is 13.3. The van der Waals surface area contributed by atoms with E-state index < -0.39 is 36.4 Å². The monoisotopic (exact) mass is 422 g/mol. The second-order valence-corrected chi connectivity index (χ2v) is 8.40. The predicted molar refractivity (Wildman–Crippen MR) is 113 cm³/mol. The summed E-state index contributed by atoms with van der Waals surface area (Å²) in [4.78, 5) is 38.3. The van der Waals surface area contributed by atoms with Gasteiger partial charge in [-0.25, -0.2) is 4.79 Å². The number of esters is 1. The molecular formula is C22H34N2O6. The van der Waals surface area contributed by atoms with Gasteiger partial charge >= 0.3 is 11.9 Å². The number of hydrogen-bond donors (Lipinski definition) is 3. The zero-order chi connectivity index (χ0) is 22.7. The van der Waals surface area contributed by atoms with Crippen molar-refractivity contribution < 1.29 is 29.3 Å². The van der Waals surface area contributed by atoms with Gasteiger partial charge in [0, 0.05) is 13.0 Å². The van der Waals surface area contributed by atoms with E-state index in [1.807, 2.05) is 51.1 Å². The zero-order valence-electron chi connectivity index (χ0n) is 18.3. The molecule has 2 atom stereocenters. The van der Waals surface area contributed by atoms with Gasteiger partial charge in [-0.15, -0.1) is 0 Å². The number of nitrogens with one attached hydrogen (secondary N) is 1. The molecule has 8 heteroatoms. The van der Waals surface area contributed by atoms with E-state index in [4.69, 9.17) is 4.74 Å². The van der Waals surface area contributed by atoms with E-state index in [1.165, 1.54) is 12.0 Å². The Labute approximate surface area is 178 Å². The van der Waals surface area contributed by atoms with Gasteiger partial charge in [0.05, 0.1) is 26.2 Å². The first-order valence-corrected chi connectivity index (χ1v) is 10.1. The molecule has 0 aliphatic carbocycles. The molecule has 0 fully saturated rings. The molecule has 1 amide bonds. The van der Waals surface area contributed by atoms with E-state index >= 15 is 0 Å². The lowest BCUT2D eigenvalue weighted by atomic mass is 9.92. The molecule has 1 aromatic carbocycles. The maximum atomic E-state index is 13.3. The van der Waals surface area contributed by atoms with Gasteiger partial charge in [-0.1, -0.05) is 51.1 Å². The van der Waals surface area contributed by atoms with Crippen molar-refractivity contribution in [3.63, 3.8) is 0 Å². The Bertz CT molecular complexity index is 687. The average Bonchev–Trinajstić information content (AvgIpc) is 2.68. The molecule has 30 heavy (non-hydrogen) atoms. The fourth-order valence-electron chi connectivity index (χ4n) is 3.06. The minimum absolute atomic E-state index is 0.0104. The zero-order valence-corrected chi connectivity index (χ0v) is 18.3. The Morgan fingerprint density at radius 2 is 1.80 bits per heavy atom. The number of rotatable bonds is 12. The number of amides is 1. The van der Waals surface area contributed by atoms with E-state index in [1.54, 1.807) is 0 Å². The first-order valence-electron chi connectivity index (χ1n) is 10.1. The van der Waals surface area contributed by atoms with Gasteiger partial charge in [0.15, 0.2) is 0 Å². The van der Waals surface area contributed by atoms with Crippen LogP contribution in [-0.4, -0.2) is 71.8 Å². The number of carbonyl (C=O) groups excluding carboxylic acids is 2. The summed E-state index contributed by atoms with van der Waals surface area (Å²) >= 11 is 0. The minimum atomic E-state index is -1.13. The highest BCUT2D eigenvalue weighted by Crippen LogP contribution is 2.18. The summed E-state index contributed by atoms with van der Waals surface area (Å²) < 4.78 is 4.90. The molecule has 0 heterocycles. The quantitative estimate of drug-likeness (QED) is 0.437. The first kappa shape index (κ1) is 25.6. The van der Waals surface area contributed by atoms with E-state index in [0.29, 0.717) is 6.54 Å². The van der Waals surface area contributed by atoms with Crippen LogP contribution in [0.5, 0.6) is 0 Å². The lowest BCUT2D eigenvalue weighted by Gasteiger charge is -2.33. The maximum Gasteiger partial charge on any atom is 0.328 e. The van der Waals surface area contributed by atoms with Gasteiger partial charge < -0.3 is 25.2 Å². The van der Waals surface area contributed by atoms with Gasteiger partial charge in [-0.05, 0) is 23.9 Å². The van der Waals surface area contributed by atoms with Crippen LogP contribution in [0.25, 0.3) is 0 Å². The molecule has 8 nitrogen and oxygen atoms in total. The summed E-state index contributed by atoms with van der Waals surface area (Å²) in [5, 5.41) is 21.8. The number of aliphatic carboxylic acids is 1. The smallest absolute Gasteiger partial charge is 0.328 e. The average molecular weight is 423 g/mol. The predicted octanol–water partition coefficient (Wildman–Crippen LogP) is 1.46. The molecule has 1 rings (SSSR count). The number of hydrogen-bond acceptors (Lipinski definition) is 6. The van der Waals surface area contributed by atoms with Crippen LogP contribution >= 0.6 is 0 Å². The molecule has 1 aromatic rings. The summed E-state index contributed by atoms with van der Waals surface area (Å²) in [6.07, 6.45) is 0.506. The minimum Gasteiger partial charge on any atom is -0.481 e. The van der Waals surface area contributed by atoms with Crippen molar-refractivity contribution in [3.05, 3.63) is 35.9 Å². The number of methoxy groups -OCH3 is 1. The van der Waals surface area contributed by atoms with Crippen LogP contribution in [0.4, 0.5) is 0 Å². The summed E-state index contributed by atoms with van der Waals surface area (Å²) in [6, 6.07) is 7.15. The van der Waals surface area contributed by atoms with Crippen LogP contribution in [0.2, 0.25) is 0 Å². The third-order valence-corrected chi connectivity index (χ3v) is 4.69. The second-order valence-electron chi connectivity index (χ2n) is 8.40. The standard InChI is InChI=1S/C22H34N2O6/c1-22(2,3)10-11-23-17(15-19(26)27)20(28)24(12-13-25)18(21(29)30-4)14-16-8-6-5-7-9-16/h5-9,17-18,23,25H,10-15H2,1-4H3,(H,26,27)/t17-,18-/m0/s1. The molecule has 0 bridgehead atoms. The number of ether oxygens (including phenoxy) is 1. The van der Waals surface area contributed by atoms with Crippen LogP contribution in [-0.2, 0) is 25.5 Å². The van der Waals surface area contributed by atoms with Crippen molar-refractivity contribution in [2.75, 3.05) is 26.8 Å². The molecule has 0 radical (unpaired) electrons. The van der Waals surface area contributed by atoms with Crippen molar-refractivity contribution >= 4 is 17.8 Å². The third kappa shape index (κ3) is 8.92. The van der Waals surface area contributed by atoms with E-state index in [9.17, 15) is 24.6 Å². The van der Waals surface area contributed by atoms with Gasteiger partial charge in [-0.3, -0.25) is 9.59 Å². The largest absolute Gasteiger partial charge is 0.481 e. The molecule has 0 saturated heterocycles. The van der Waals surface area contributed by atoms with Gasteiger partial charge in [-0.2, -0.15) is 0 Å². The lowest BCUT2D eigenvalue weighted by Crippen LogP contribution is -2.55. The van der Waals surface area contributed by atoms with Crippen LogP contribution in [0.1, 0.15) is 39.2 Å². The van der Waals surface area contributed by atoms with Gasteiger partial charge in [0.1, 0.15) is 6.04 Å². The number of carboxylic acids is 1. The summed E-state index contributed by atoms with van der Waals surface area (Å²) in [7, 11) is 1.23. The molecule has 0 spiro atoms. The number of nitrogens with zero attached hydrogens (tertiary/aromatic N) is 1. The van der Waals surface area contributed by atoms with Crippen LogP contribution < -0.4 is 5.32 Å². The Kier molecular flexibility index (Phi) is 10.5. The third-order valence-electron chi connectivity index (χ3n) is 4.69. The topological polar surface area (TPSA) is 116 Å². The van der Waals surface area contributed by atoms with Gasteiger partial charge in [0.2, 0.25) is 5.91 Å². The van der Waals surface area contributed by atoms with Crippen LogP contribution in [0.15, 0.2) is 30.3 Å². The number of carbonyl (C=O) groups is 3. The van der Waals surface area contributed by atoms with Crippen molar-refractivity contribution in [1.82, 2.24) is 10.2 Å². The summed E-state index contributed by atoms with van der Waals surface area (Å²) in [5.41, 5.74) is 0.829. The number of carboxylic acid groups (broad SMARTS) is 1. The Morgan fingerprint density at radius 1 is 1.17 bits per heavy atom. The fraction of sp³-hybridized carbons (Fsp3) is 0.591.